The lowest BCUT2D eigenvalue weighted by atomic mass is 10.1. The van der Waals surface area contributed by atoms with E-state index >= 15 is 0 Å². The standard InChI is InChI=1S/C11H13ClN2O/c1-8(7-14)15-11-9(5-6-13)3-2-4-10(11)12/h2-4,8H,5-6,13H2,1H3. The molecule has 1 atom stereocenters. The lowest BCUT2D eigenvalue weighted by Crippen LogP contribution is -2.12. The minimum atomic E-state index is -0.513. The van der Waals surface area contributed by atoms with E-state index in [1.165, 1.54) is 0 Å². The Labute approximate surface area is 94.4 Å². The van der Waals surface area contributed by atoms with E-state index in [4.69, 9.17) is 27.3 Å². The first-order chi connectivity index (χ1) is 7.19. The topological polar surface area (TPSA) is 59.0 Å². The van der Waals surface area contributed by atoms with Crippen molar-refractivity contribution in [2.24, 2.45) is 5.73 Å². The van der Waals surface area contributed by atoms with Crippen molar-refractivity contribution in [2.75, 3.05) is 6.54 Å². The molecule has 1 aromatic rings. The van der Waals surface area contributed by atoms with Gasteiger partial charge in [-0.05, 0) is 31.5 Å². The number of nitrogens with zero attached hydrogens (tertiary/aromatic N) is 1. The van der Waals surface area contributed by atoms with Crippen molar-refractivity contribution in [3.05, 3.63) is 28.8 Å². The smallest absolute Gasteiger partial charge is 0.181 e. The van der Waals surface area contributed by atoms with Gasteiger partial charge in [-0.3, -0.25) is 0 Å². The Morgan fingerprint density at radius 1 is 1.60 bits per heavy atom. The quantitative estimate of drug-likeness (QED) is 0.853. The van der Waals surface area contributed by atoms with Crippen LogP contribution in [0.1, 0.15) is 12.5 Å². The van der Waals surface area contributed by atoms with E-state index in [0.717, 1.165) is 5.56 Å². The number of benzene rings is 1. The fourth-order valence-electron chi connectivity index (χ4n) is 1.24. The first kappa shape index (κ1) is 11.8. The van der Waals surface area contributed by atoms with Gasteiger partial charge in [0.2, 0.25) is 0 Å². The number of hydrogen-bond donors (Lipinski definition) is 1. The molecule has 0 aromatic heterocycles. The molecule has 0 bridgehead atoms. The highest BCUT2D eigenvalue weighted by Crippen LogP contribution is 2.29. The normalized spacial score (nSPS) is 11.9. The second-order valence-electron chi connectivity index (χ2n) is 3.16. The molecule has 0 amide bonds. The van der Waals surface area contributed by atoms with E-state index < -0.39 is 6.10 Å². The third kappa shape index (κ3) is 3.12. The molecule has 3 nitrogen and oxygen atoms in total. The van der Waals surface area contributed by atoms with Crippen LogP contribution in [0.4, 0.5) is 0 Å². The Hall–Kier alpha value is -1.24. The number of nitrogens with two attached hydrogens (primary N) is 1. The van der Waals surface area contributed by atoms with E-state index in [-0.39, 0.29) is 0 Å². The Kier molecular flexibility index (Phi) is 4.41. The monoisotopic (exact) mass is 224 g/mol. The van der Waals surface area contributed by atoms with Crippen LogP contribution in [-0.4, -0.2) is 12.6 Å². The molecule has 1 unspecified atom stereocenters. The van der Waals surface area contributed by atoms with Crippen molar-refractivity contribution in [2.45, 2.75) is 19.4 Å². The van der Waals surface area contributed by atoms with Gasteiger partial charge in [0, 0.05) is 0 Å². The summed E-state index contributed by atoms with van der Waals surface area (Å²) in [6, 6.07) is 7.48. The molecule has 80 valence electrons. The maximum absolute atomic E-state index is 8.66. The van der Waals surface area contributed by atoms with Gasteiger partial charge in [-0.25, -0.2) is 0 Å². The van der Waals surface area contributed by atoms with Gasteiger partial charge in [0.1, 0.15) is 11.8 Å². The minimum Gasteiger partial charge on any atom is -0.474 e. The van der Waals surface area contributed by atoms with Gasteiger partial charge in [0.15, 0.2) is 6.10 Å². The average molecular weight is 225 g/mol. The molecule has 0 aliphatic rings. The maximum Gasteiger partial charge on any atom is 0.181 e. The highest BCUT2D eigenvalue weighted by molar-refractivity contribution is 6.32. The van der Waals surface area contributed by atoms with Crippen LogP contribution in [-0.2, 0) is 6.42 Å². The zero-order valence-electron chi connectivity index (χ0n) is 8.53. The maximum atomic E-state index is 8.66. The van der Waals surface area contributed by atoms with Crippen molar-refractivity contribution in [1.82, 2.24) is 0 Å². The minimum absolute atomic E-state index is 0.513. The molecule has 15 heavy (non-hydrogen) atoms. The second-order valence-corrected chi connectivity index (χ2v) is 3.56. The zero-order chi connectivity index (χ0) is 11.3. The van der Waals surface area contributed by atoms with Crippen LogP contribution in [0.2, 0.25) is 5.02 Å². The van der Waals surface area contributed by atoms with E-state index in [2.05, 4.69) is 0 Å². The summed E-state index contributed by atoms with van der Waals surface area (Å²) in [6.45, 7) is 2.20. The number of ether oxygens (including phenoxy) is 1. The SMILES string of the molecule is CC(C#N)Oc1c(Cl)cccc1CCN. The second kappa shape index (κ2) is 5.59. The molecular formula is C11H13ClN2O. The summed E-state index contributed by atoms with van der Waals surface area (Å²) >= 11 is 5.99. The van der Waals surface area contributed by atoms with Crippen LogP contribution in [0.15, 0.2) is 18.2 Å². The highest BCUT2D eigenvalue weighted by Gasteiger charge is 2.10. The molecule has 2 N–H and O–H groups in total. The van der Waals surface area contributed by atoms with Crippen LogP contribution in [0.25, 0.3) is 0 Å². The Bertz CT molecular complexity index is 373. The van der Waals surface area contributed by atoms with Gasteiger partial charge in [-0.1, -0.05) is 23.7 Å². The van der Waals surface area contributed by atoms with Crippen molar-refractivity contribution >= 4 is 11.6 Å². The van der Waals surface area contributed by atoms with E-state index in [1.807, 2.05) is 18.2 Å². The largest absolute Gasteiger partial charge is 0.474 e. The van der Waals surface area contributed by atoms with Crippen molar-refractivity contribution in [3.63, 3.8) is 0 Å². The molecule has 0 radical (unpaired) electrons. The molecule has 0 aliphatic heterocycles. The van der Waals surface area contributed by atoms with Crippen molar-refractivity contribution < 1.29 is 4.74 Å². The van der Waals surface area contributed by atoms with Crippen LogP contribution < -0.4 is 10.5 Å². The summed E-state index contributed by atoms with van der Waals surface area (Å²) < 4.78 is 5.43. The molecule has 0 aliphatic carbocycles. The molecular weight excluding hydrogens is 212 g/mol. The summed E-state index contributed by atoms with van der Waals surface area (Å²) in [6.07, 6.45) is 0.176. The number of nitriles is 1. The first-order valence-electron chi connectivity index (χ1n) is 4.72. The fourth-order valence-corrected chi connectivity index (χ4v) is 1.48. The Morgan fingerprint density at radius 3 is 2.93 bits per heavy atom. The van der Waals surface area contributed by atoms with Crippen LogP contribution in [0, 0.1) is 11.3 Å². The molecule has 0 spiro atoms. The summed E-state index contributed by atoms with van der Waals surface area (Å²) in [5, 5.41) is 9.18. The lowest BCUT2D eigenvalue weighted by molar-refractivity contribution is 0.274. The molecule has 0 saturated heterocycles. The van der Waals surface area contributed by atoms with Crippen LogP contribution in [0.5, 0.6) is 5.75 Å². The van der Waals surface area contributed by atoms with Gasteiger partial charge in [0.05, 0.1) is 5.02 Å². The summed E-state index contributed by atoms with van der Waals surface area (Å²) in [7, 11) is 0. The predicted octanol–water partition coefficient (Wildman–Crippen LogP) is 2.13. The van der Waals surface area contributed by atoms with Crippen LogP contribution >= 0.6 is 11.6 Å². The summed E-state index contributed by atoms with van der Waals surface area (Å²) in [4.78, 5) is 0. The molecule has 1 rings (SSSR count). The van der Waals surface area contributed by atoms with Gasteiger partial charge in [0.25, 0.3) is 0 Å². The number of halogens is 1. The average Bonchev–Trinajstić information content (AvgIpc) is 2.23. The van der Waals surface area contributed by atoms with E-state index in [1.54, 1.807) is 13.0 Å². The van der Waals surface area contributed by atoms with Gasteiger partial charge < -0.3 is 10.5 Å². The van der Waals surface area contributed by atoms with Crippen LogP contribution in [0.3, 0.4) is 0 Å². The molecule has 0 fully saturated rings. The van der Waals surface area contributed by atoms with Gasteiger partial charge >= 0.3 is 0 Å². The fraction of sp³-hybridized carbons (Fsp3) is 0.364. The molecule has 0 heterocycles. The predicted molar refractivity (Wildman–Crippen MR) is 59.9 cm³/mol. The van der Waals surface area contributed by atoms with Gasteiger partial charge in [-0.2, -0.15) is 5.26 Å². The Morgan fingerprint density at radius 2 is 2.33 bits per heavy atom. The molecule has 4 heteroatoms. The number of rotatable bonds is 4. The first-order valence-corrected chi connectivity index (χ1v) is 5.10. The summed E-state index contributed by atoms with van der Waals surface area (Å²) in [5.41, 5.74) is 6.42. The van der Waals surface area contributed by atoms with Gasteiger partial charge in [-0.15, -0.1) is 0 Å². The zero-order valence-corrected chi connectivity index (χ0v) is 9.29. The lowest BCUT2D eigenvalue weighted by Gasteiger charge is -2.13. The number of hydrogen-bond acceptors (Lipinski definition) is 3. The summed E-state index contributed by atoms with van der Waals surface area (Å²) in [5.74, 6) is 0.568. The highest BCUT2D eigenvalue weighted by atomic mass is 35.5. The van der Waals surface area contributed by atoms with E-state index in [0.29, 0.717) is 23.7 Å². The molecule has 0 saturated carbocycles. The third-order valence-corrected chi connectivity index (χ3v) is 2.24. The molecule has 1 aromatic carbocycles. The Balaban J connectivity index is 2.97. The van der Waals surface area contributed by atoms with Crippen molar-refractivity contribution in [1.29, 1.82) is 5.26 Å². The third-order valence-electron chi connectivity index (χ3n) is 1.94. The van der Waals surface area contributed by atoms with E-state index in [9.17, 15) is 0 Å². The van der Waals surface area contributed by atoms with Crippen molar-refractivity contribution in [3.8, 4) is 11.8 Å². The number of para-hydroxylation sites is 1.